The molecule has 3 N–H and O–H groups in total. The third-order valence-corrected chi connectivity index (χ3v) is 3.33. The molecule has 0 aromatic carbocycles. The van der Waals surface area contributed by atoms with Gasteiger partial charge in [0.15, 0.2) is 0 Å². The molecule has 0 unspecified atom stereocenters. The Hall–Kier alpha value is -0.430. The number of aliphatic hydroxyl groups is 1. The van der Waals surface area contributed by atoms with Gasteiger partial charge in [-0.05, 0) is 25.7 Å². The van der Waals surface area contributed by atoms with E-state index in [0.717, 1.165) is 0 Å². The van der Waals surface area contributed by atoms with E-state index in [4.69, 9.17) is 10.8 Å². The molecule has 2 nitrogen and oxygen atoms in total. The molecule has 0 bridgehead atoms. The molecule has 0 amide bonds. The highest BCUT2D eigenvalue weighted by Gasteiger charge is 2.69. The van der Waals surface area contributed by atoms with E-state index in [-0.39, 0.29) is 12.8 Å². The Balaban J connectivity index is 2.97. The molecular formula is C9H14F5NO. The molecule has 0 heterocycles. The minimum atomic E-state index is -5.59. The normalized spacial score (nSPS) is 32.8. The average molecular weight is 247 g/mol. The number of hydrogen-bond acceptors (Lipinski definition) is 2. The molecule has 0 radical (unpaired) electrons. The zero-order chi connectivity index (χ0) is 12.6. The maximum atomic E-state index is 13.3. The fourth-order valence-electron chi connectivity index (χ4n) is 2.10. The van der Waals surface area contributed by atoms with Crippen LogP contribution in [-0.2, 0) is 0 Å². The molecule has 1 saturated carbocycles. The average Bonchev–Trinajstić information content (AvgIpc) is 2.17. The lowest BCUT2D eigenvalue weighted by Crippen LogP contribution is -2.57. The summed E-state index contributed by atoms with van der Waals surface area (Å²) >= 11 is 0. The van der Waals surface area contributed by atoms with Gasteiger partial charge in [0.2, 0.25) is 0 Å². The van der Waals surface area contributed by atoms with Gasteiger partial charge < -0.3 is 10.8 Å². The lowest BCUT2D eigenvalue weighted by atomic mass is 9.68. The zero-order valence-electron chi connectivity index (χ0n) is 8.53. The third-order valence-electron chi connectivity index (χ3n) is 3.33. The van der Waals surface area contributed by atoms with Gasteiger partial charge in [0.1, 0.15) is 0 Å². The van der Waals surface area contributed by atoms with Crippen LogP contribution in [0.25, 0.3) is 0 Å². The monoisotopic (exact) mass is 247 g/mol. The first kappa shape index (κ1) is 13.6. The lowest BCUT2D eigenvalue weighted by Gasteiger charge is -2.43. The number of aliphatic hydroxyl groups excluding tert-OH is 1. The van der Waals surface area contributed by atoms with Gasteiger partial charge in [-0.2, -0.15) is 22.0 Å². The van der Waals surface area contributed by atoms with Crippen LogP contribution in [0.2, 0.25) is 0 Å². The van der Waals surface area contributed by atoms with Crippen LogP contribution in [0.3, 0.4) is 0 Å². The molecule has 0 aromatic rings. The highest BCUT2D eigenvalue weighted by Crippen LogP contribution is 2.54. The molecule has 1 fully saturated rings. The van der Waals surface area contributed by atoms with Crippen molar-refractivity contribution in [3.8, 4) is 0 Å². The Kier molecular flexibility index (Phi) is 3.50. The molecule has 1 rings (SSSR count). The highest BCUT2D eigenvalue weighted by molar-refractivity contribution is 5.00. The summed E-state index contributed by atoms with van der Waals surface area (Å²) in [4.78, 5) is 0. The van der Waals surface area contributed by atoms with E-state index in [9.17, 15) is 22.0 Å². The van der Waals surface area contributed by atoms with Crippen molar-refractivity contribution in [3.05, 3.63) is 0 Å². The molecule has 1 aliphatic carbocycles. The highest BCUT2D eigenvalue weighted by atomic mass is 19.4. The van der Waals surface area contributed by atoms with Crippen molar-refractivity contribution in [1.29, 1.82) is 0 Å². The van der Waals surface area contributed by atoms with Crippen molar-refractivity contribution in [1.82, 2.24) is 0 Å². The van der Waals surface area contributed by atoms with Crippen molar-refractivity contribution in [2.24, 2.45) is 11.1 Å². The number of alkyl halides is 5. The van der Waals surface area contributed by atoms with Gasteiger partial charge in [-0.3, -0.25) is 0 Å². The van der Waals surface area contributed by atoms with Crippen LogP contribution in [0, 0.1) is 5.41 Å². The zero-order valence-corrected chi connectivity index (χ0v) is 8.53. The number of halogens is 5. The minimum absolute atomic E-state index is 0.0666. The van der Waals surface area contributed by atoms with Crippen LogP contribution in [0.15, 0.2) is 0 Å². The van der Waals surface area contributed by atoms with Crippen LogP contribution >= 0.6 is 0 Å². The first-order valence-electron chi connectivity index (χ1n) is 4.99. The summed E-state index contributed by atoms with van der Waals surface area (Å²) in [6.45, 7) is -0.730. The Labute approximate surface area is 89.6 Å². The second-order valence-corrected chi connectivity index (χ2v) is 4.29. The quantitative estimate of drug-likeness (QED) is 0.734. The first-order chi connectivity index (χ1) is 7.16. The van der Waals surface area contributed by atoms with E-state index in [0.29, 0.717) is 0 Å². The van der Waals surface area contributed by atoms with E-state index in [1.807, 2.05) is 0 Å². The van der Waals surface area contributed by atoms with Crippen molar-refractivity contribution < 1.29 is 27.1 Å². The summed E-state index contributed by atoms with van der Waals surface area (Å²) in [7, 11) is 0. The molecule has 16 heavy (non-hydrogen) atoms. The third kappa shape index (κ3) is 2.02. The largest absolute Gasteiger partial charge is 0.453 e. The smallest absolute Gasteiger partial charge is 0.393 e. The van der Waals surface area contributed by atoms with Crippen molar-refractivity contribution in [2.75, 3.05) is 6.54 Å². The van der Waals surface area contributed by atoms with E-state index in [1.54, 1.807) is 0 Å². The Bertz CT molecular complexity index is 245. The van der Waals surface area contributed by atoms with Gasteiger partial charge >= 0.3 is 12.1 Å². The summed E-state index contributed by atoms with van der Waals surface area (Å²) in [5, 5.41) is 9.14. The predicted molar refractivity (Wildman–Crippen MR) is 47.0 cm³/mol. The number of hydrogen-bond donors (Lipinski definition) is 2. The van der Waals surface area contributed by atoms with E-state index in [1.165, 1.54) is 0 Å². The van der Waals surface area contributed by atoms with Crippen LogP contribution < -0.4 is 5.73 Å². The van der Waals surface area contributed by atoms with Gasteiger partial charge in [0.25, 0.3) is 0 Å². The fraction of sp³-hybridized carbons (Fsp3) is 1.00. The second kappa shape index (κ2) is 4.10. The summed E-state index contributed by atoms with van der Waals surface area (Å²) in [5.41, 5.74) is 2.85. The topological polar surface area (TPSA) is 46.2 Å². The summed E-state index contributed by atoms with van der Waals surface area (Å²) in [5.74, 6) is -4.80. The summed E-state index contributed by atoms with van der Waals surface area (Å²) in [6, 6.07) is 0. The molecule has 0 aromatic heterocycles. The number of rotatable bonds is 2. The Morgan fingerprint density at radius 3 is 1.88 bits per heavy atom. The number of nitrogens with two attached hydrogens (primary N) is 1. The SMILES string of the molecule is NCC1(C(F)(F)C(F)(F)F)CCC(O)CC1. The maximum absolute atomic E-state index is 13.3. The van der Waals surface area contributed by atoms with E-state index in [2.05, 4.69) is 0 Å². The van der Waals surface area contributed by atoms with Crippen molar-refractivity contribution in [3.63, 3.8) is 0 Å². The van der Waals surface area contributed by atoms with Gasteiger partial charge in [0, 0.05) is 6.54 Å². The van der Waals surface area contributed by atoms with E-state index < -0.39 is 43.0 Å². The standard InChI is InChI=1S/C9H14F5NO/c10-8(11,9(12,13)14)7(5-15)3-1-6(16)2-4-7/h6,16H,1-5,15H2. The lowest BCUT2D eigenvalue weighted by molar-refractivity contribution is -0.331. The van der Waals surface area contributed by atoms with Crippen LogP contribution in [-0.4, -0.2) is 29.9 Å². The Morgan fingerprint density at radius 1 is 1.12 bits per heavy atom. The van der Waals surface area contributed by atoms with E-state index >= 15 is 0 Å². The fourth-order valence-corrected chi connectivity index (χ4v) is 2.10. The molecule has 0 atom stereocenters. The predicted octanol–water partition coefficient (Wildman–Crippen LogP) is 2.06. The van der Waals surface area contributed by atoms with Crippen molar-refractivity contribution >= 4 is 0 Å². The molecule has 7 heteroatoms. The van der Waals surface area contributed by atoms with Gasteiger partial charge in [-0.15, -0.1) is 0 Å². The summed E-state index contributed by atoms with van der Waals surface area (Å²) < 4.78 is 63.5. The molecule has 1 aliphatic rings. The van der Waals surface area contributed by atoms with Crippen LogP contribution in [0.4, 0.5) is 22.0 Å². The molecular weight excluding hydrogens is 233 g/mol. The maximum Gasteiger partial charge on any atom is 0.453 e. The van der Waals surface area contributed by atoms with Gasteiger partial charge in [0.05, 0.1) is 11.5 Å². The minimum Gasteiger partial charge on any atom is -0.393 e. The molecule has 0 aliphatic heterocycles. The molecule has 0 saturated heterocycles. The molecule has 96 valence electrons. The first-order valence-corrected chi connectivity index (χ1v) is 4.99. The Morgan fingerprint density at radius 2 is 1.56 bits per heavy atom. The van der Waals surface area contributed by atoms with Crippen LogP contribution in [0.5, 0.6) is 0 Å². The van der Waals surface area contributed by atoms with Crippen molar-refractivity contribution in [2.45, 2.75) is 43.9 Å². The summed E-state index contributed by atoms with van der Waals surface area (Å²) in [6.07, 6.45) is -7.34. The molecule has 0 spiro atoms. The second-order valence-electron chi connectivity index (χ2n) is 4.29. The van der Waals surface area contributed by atoms with Crippen LogP contribution in [0.1, 0.15) is 25.7 Å². The van der Waals surface area contributed by atoms with Gasteiger partial charge in [-0.25, -0.2) is 0 Å². The van der Waals surface area contributed by atoms with Gasteiger partial charge in [-0.1, -0.05) is 0 Å².